The summed E-state index contributed by atoms with van der Waals surface area (Å²) in [5, 5.41) is 10.4. The molecule has 110 valence electrons. The van der Waals surface area contributed by atoms with Crippen LogP contribution >= 0.6 is 0 Å². The van der Waals surface area contributed by atoms with E-state index in [9.17, 15) is 5.11 Å². The third-order valence-electron chi connectivity index (χ3n) is 5.24. The maximum atomic E-state index is 10.4. The summed E-state index contributed by atoms with van der Waals surface area (Å²) in [6, 6.07) is 0. The van der Waals surface area contributed by atoms with Gasteiger partial charge < -0.3 is 10.0 Å². The molecule has 1 spiro atoms. The molecule has 0 unspecified atom stereocenters. The molecule has 1 aromatic rings. The second kappa shape index (κ2) is 4.99. The minimum atomic E-state index is -0.130. The summed E-state index contributed by atoms with van der Waals surface area (Å²) in [5.41, 5.74) is 2.36. The number of anilines is 1. The van der Waals surface area contributed by atoms with Gasteiger partial charge in [0.15, 0.2) is 0 Å². The molecule has 2 aliphatic rings. The van der Waals surface area contributed by atoms with Gasteiger partial charge in [0, 0.05) is 29.8 Å². The van der Waals surface area contributed by atoms with E-state index in [0.29, 0.717) is 0 Å². The summed E-state index contributed by atoms with van der Waals surface area (Å²) < 4.78 is 0. The molecule has 4 heteroatoms. The monoisotopic (exact) mass is 275 g/mol. The van der Waals surface area contributed by atoms with Gasteiger partial charge in [0.05, 0.1) is 6.10 Å². The van der Waals surface area contributed by atoms with Crippen molar-refractivity contribution >= 4 is 5.82 Å². The molecule has 0 amide bonds. The minimum Gasteiger partial charge on any atom is -0.392 e. The van der Waals surface area contributed by atoms with Gasteiger partial charge in [-0.25, -0.2) is 9.97 Å². The van der Waals surface area contributed by atoms with Crippen molar-refractivity contribution in [3.8, 4) is 0 Å². The average Bonchev–Trinajstić information content (AvgIpc) is 2.75. The van der Waals surface area contributed by atoms with Crippen LogP contribution in [0.25, 0.3) is 0 Å². The maximum Gasteiger partial charge on any atom is 0.135 e. The molecular weight excluding hydrogens is 250 g/mol. The number of aliphatic hydroxyl groups excluding tert-OH is 1. The zero-order valence-electron chi connectivity index (χ0n) is 12.8. The zero-order valence-corrected chi connectivity index (χ0v) is 12.8. The fraction of sp³-hybridized carbons (Fsp3) is 0.750. The zero-order chi connectivity index (χ0) is 14.3. The van der Waals surface area contributed by atoms with E-state index in [4.69, 9.17) is 0 Å². The van der Waals surface area contributed by atoms with Gasteiger partial charge in [-0.2, -0.15) is 0 Å². The lowest BCUT2D eigenvalue weighted by Crippen LogP contribution is -2.47. The van der Waals surface area contributed by atoms with Crippen LogP contribution in [0.15, 0.2) is 0 Å². The van der Waals surface area contributed by atoms with Crippen LogP contribution in [0.1, 0.15) is 49.2 Å². The Labute approximate surface area is 121 Å². The Hall–Kier alpha value is -1.16. The van der Waals surface area contributed by atoms with Crippen molar-refractivity contribution in [2.24, 2.45) is 5.41 Å². The standard InChI is InChI=1S/C16H25N3O/c1-11-12(2)17-13(3)18-15(11)19-9-5-8-16(10-19)7-4-6-14(16)20/h14,20H,4-10H2,1-3H3/t14-,16-/m1/s1. The van der Waals surface area contributed by atoms with Gasteiger partial charge in [0.2, 0.25) is 0 Å². The smallest absolute Gasteiger partial charge is 0.135 e. The third-order valence-corrected chi connectivity index (χ3v) is 5.24. The van der Waals surface area contributed by atoms with E-state index in [1.54, 1.807) is 0 Å². The Bertz CT molecular complexity index is 517. The second-order valence-corrected chi connectivity index (χ2v) is 6.60. The van der Waals surface area contributed by atoms with Crippen molar-refractivity contribution in [3.63, 3.8) is 0 Å². The normalized spacial score (nSPS) is 30.2. The highest BCUT2D eigenvalue weighted by molar-refractivity contribution is 5.49. The number of nitrogens with zero attached hydrogens (tertiary/aromatic N) is 3. The first-order valence-corrected chi connectivity index (χ1v) is 7.77. The van der Waals surface area contributed by atoms with Gasteiger partial charge in [0.25, 0.3) is 0 Å². The van der Waals surface area contributed by atoms with Gasteiger partial charge in [-0.3, -0.25) is 0 Å². The first kappa shape index (κ1) is 13.8. The molecule has 2 atom stereocenters. The lowest BCUT2D eigenvalue weighted by Gasteiger charge is -2.43. The number of aryl methyl sites for hydroxylation is 2. The molecule has 1 aliphatic heterocycles. The predicted molar refractivity (Wildman–Crippen MR) is 80.0 cm³/mol. The van der Waals surface area contributed by atoms with E-state index in [0.717, 1.165) is 62.5 Å². The van der Waals surface area contributed by atoms with Crippen molar-refractivity contribution in [3.05, 3.63) is 17.1 Å². The second-order valence-electron chi connectivity index (χ2n) is 6.60. The number of aromatic nitrogens is 2. The molecule has 0 aromatic carbocycles. The van der Waals surface area contributed by atoms with Crippen LogP contribution in [0.3, 0.4) is 0 Å². The highest BCUT2D eigenvalue weighted by Gasteiger charge is 2.45. The van der Waals surface area contributed by atoms with Gasteiger partial charge in [-0.05, 0) is 46.5 Å². The van der Waals surface area contributed by atoms with Crippen LogP contribution < -0.4 is 4.90 Å². The van der Waals surface area contributed by atoms with Crippen LogP contribution in [0.4, 0.5) is 5.82 Å². The van der Waals surface area contributed by atoms with Gasteiger partial charge in [-0.1, -0.05) is 6.42 Å². The molecule has 1 saturated carbocycles. The van der Waals surface area contributed by atoms with Crippen molar-refractivity contribution in [2.75, 3.05) is 18.0 Å². The SMILES string of the molecule is Cc1nc(C)c(C)c(N2CCC[C@]3(CCC[C@H]3O)C2)n1. The molecule has 1 aliphatic carbocycles. The molecule has 4 nitrogen and oxygen atoms in total. The van der Waals surface area contributed by atoms with E-state index in [1.807, 2.05) is 6.92 Å². The summed E-state index contributed by atoms with van der Waals surface area (Å²) >= 11 is 0. The first-order chi connectivity index (χ1) is 9.52. The Balaban J connectivity index is 1.91. The molecule has 20 heavy (non-hydrogen) atoms. The van der Waals surface area contributed by atoms with E-state index in [-0.39, 0.29) is 11.5 Å². The molecule has 2 fully saturated rings. The molecule has 0 radical (unpaired) electrons. The third kappa shape index (κ3) is 2.20. The van der Waals surface area contributed by atoms with Gasteiger partial charge in [0.1, 0.15) is 11.6 Å². The Morgan fingerprint density at radius 2 is 1.90 bits per heavy atom. The van der Waals surface area contributed by atoms with Crippen LogP contribution in [0, 0.1) is 26.2 Å². The summed E-state index contributed by atoms with van der Waals surface area (Å²) in [6.07, 6.45) is 5.47. The summed E-state index contributed by atoms with van der Waals surface area (Å²) in [4.78, 5) is 11.5. The quantitative estimate of drug-likeness (QED) is 0.855. The predicted octanol–water partition coefficient (Wildman–Crippen LogP) is 2.53. The lowest BCUT2D eigenvalue weighted by atomic mass is 9.76. The molecule has 1 saturated heterocycles. The summed E-state index contributed by atoms with van der Waals surface area (Å²) in [6.45, 7) is 8.12. The first-order valence-electron chi connectivity index (χ1n) is 7.77. The van der Waals surface area contributed by atoms with Crippen LogP contribution in [0.2, 0.25) is 0 Å². The largest absolute Gasteiger partial charge is 0.392 e. The van der Waals surface area contributed by atoms with E-state index < -0.39 is 0 Å². The maximum absolute atomic E-state index is 10.4. The lowest BCUT2D eigenvalue weighted by molar-refractivity contribution is 0.0407. The Morgan fingerprint density at radius 1 is 1.15 bits per heavy atom. The average molecular weight is 275 g/mol. The van der Waals surface area contributed by atoms with Crippen molar-refractivity contribution < 1.29 is 5.11 Å². The Morgan fingerprint density at radius 3 is 2.60 bits per heavy atom. The molecule has 3 rings (SSSR count). The van der Waals surface area contributed by atoms with E-state index in [1.165, 1.54) is 5.56 Å². The number of rotatable bonds is 1. The summed E-state index contributed by atoms with van der Waals surface area (Å²) in [7, 11) is 0. The van der Waals surface area contributed by atoms with Crippen molar-refractivity contribution in [1.29, 1.82) is 0 Å². The minimum absolute atomic E-state index is 0.109. The van der Waals surface area contributed by atoms with Crippen LogP contribution in [-0.4, -0.2) is 34.3 Å². The number of piperidine rings is 1. The molecule has 0 bridgehead atoms. The van der Waals surface area contributed by atoms with Gasteiger partial charge in [-0.15, -0.1) is 0 Å². The molecular formula is C16H25N3O. The molecule has 1 N–H and O–H groups in total. The topological polar surface area (TPSA) is 49.2 Å². The summed E-state index contributed by atoms with van der Waals surface area (Å²) in [5.74, 6) is 1.92. The van der Waals surface area contributed by atoms with Gasteiger partial charge >= 0.3 is 0 Å². The fourth-order valence-corrected chi connectivity index (χ4v) is 4.00. The van der Waals surface area contributed by atoms with E-state index >= 15 is 0 Å². The highest BCUT2D eigenvalue weighted by atomic mass is 16.3. The Kier molecular flexibility index (Phi) is 3.44. The molecule has 1 aromatic heterocycles. The number of aliphatic hydroxyl groups is 1. The van der Waals surface area contributed by atoms with Crippen molar-refractivity contribution in [2.45, 2.75) is 59.0 Å². The highest BCUT2D eigenvalue weighted by Crippen LogP contribution is 2.45. The van der Waals surface area contributed by atoms with Crippen LogP contribution in [0.5, 0.6) is 0 Å². The van der Waals surface area contributed by atoms with Crippen molar-refractivity contribution in [1.82, 2.24) is 9.97 Å². The van der Waals surface area contributed by atoms with E-state index in [2.05, 4.69) is 28.7 Å². The fourth-order valence-electron chi connectivity index (χ4n) is 4.00. The van der Waals surface area contributed by atoms with Crippen LogP contribution in [-0.2, 0) is 0 Å². The molecule has 2 heterocycles. The number of hydrogen-bond acceptors (Lipinski definition) is 4. The number of hydrogen-bond donors (Lipinski definition) is 1.